The van der Waals surface area contributed by atoms with Gasteiger partial charge in [-0.05, 0) is 31.2 Å². The van der Waals surface area contributed by atoms with Crippen LogP contribution in [0.2, 0.25) is 0 Å². The molecule has 0 amide bonds. The van der Waals surface area contributed by atoms with Crippen LogP contribution in [0.15, 0.2) is 42.5 Å². The first-order valence-electron chi connectivity index (χ1n) is 7.21. The first-order valence-corrected chi connectivity index (χ1v) is 7.21. The third-order valence-electron chi connectivity index (χ3n) is 4.02. The maximum Gasteiger partial charge on any atom is 0.130 e. The zero-order valence-electron chi connectivity index (χ0n) is 12.4. The van der Waals surface area contributed by atoms with E-state index in [-0.39, 0.29) is 11.9 Å². The van der Waals surface area contributed by atoms with Crippen molar-refractivity contribution in [3.05, 3.63) is 53.8 Å². The van der Waals surface area contributed by atoms with Gasteiger partial charge in [-0.1, -0.05) is 18.2 Å². The Balaban J connectivity index is 2.15. The number of halogens is 1. The molecule has 0 aliphatic carbocycles. The van der Waals surface area contributed by atoms with Crippen LogP contribution in [0, 0.1) is 5.82 Å². The van der Waals surface area contributed by atoms with Crippen molar-refractivity contribution < 1.29 is 4.39 Å². The normalized spacial score (nSPS) is 15.8. The molecule has 1 atom stereocenters. The second kappa shape index (κ2) is 5.37. The highest BCUT2D eigenvalue weighted by Crippen LogP contribution is 2.39. The number of nitrogens with zero attached hydrogens (tertiary/aromatic N) is 2. The van der Waals surface area contributed by atoms with Crippen molar-refractivity contribution >= 4 is 17.1 Å². The Morgan fingerprint density at radius 3 is 2.38 bits per heavy atom. The Labute approximate surface area is 124 Å². The molecule has 3 nitrogen and oxygen atoms in total. The zero-order valence-corrected chi connectivity index (χ0v) is 12.4. The Bertz CT molecular complexity index is 654. The van der Waals surface area contributed by atoms with Gasteiger partial charge in [-0.2, -0.15) is 0 Å². The number of fused-ring (bicyclic) bond motifs is 1. The predicted octanol–water partition coefficient (Wildman–Crippen LogP) is 3.43. The lowest BCUT2D eigenvalue weighted by Crippen LogP contribution is -2.37. The maximum absolute atomic E-state index is 14.2. The van der Waals surface area contributed by atoms with Crippen LogP contribution in [-0.4, -0.2) is 20.1 Å². The number of para-hydroxylation sites is 2. The molecular weight excluding hydrogens is 265 g/mol. The van der Waals surface area contributed by atoms with Crippen molar-refractivity contribution in [1.29, 1.82) is 0 Å². The molecule has 2 aromatic carbocycles. The molecule has 2 aromatic rings. The third kappa shape index (κ3) is 2.36. The maximum atomic E-state index is 14.2. The molecule has 21 heavy (non-hydrogen) atoms. The van der Waals surface area contributed by atoms with Crippen molar-refractivity contribution in [3.8, 4) is 0 Å². The van der Waals surface area contributed by atoms with Gasteiger partial charge >= 0.3 is 0 Å². The number of rotatable bonds is 2. The van der Waals surface area contributed by atoms with Crippen LogP contribution < -0.4 is 15.5 Å². The molecule has 0 bridgehead atoms. The summed E-state index contributed by atoms with van der Waals surface area (Å²) in [6, 6.07) is 13.0. The van der Waals surface area contributed by atoms with Gasteiger partial charge in [-0.3, -0.25) is 0 Å². The third-order valence-corrected chi connectivity index (χ3v) is 4.02. The van der Waals surface area contributed by atoms with E-state index in [1.54, 1.807) is 6.07 Å². The average Bonchev–Trinajstić information content (AvgIpc) is 2.47. The number of likely N-dealkylation sites (N-methyl/N-ethyl adjacent to an activating group) is 1. The summed E-state index contributed by atoms with van der Waals surface area (Å²) in [5.41, 5.74) is 9.69. The second-order valence-electron chi connectivity index (χ2n) is 5.52. The lowest BCUT2D eigenvalue weighted by atomic mass is 10.0. The molecule has 1 aliphatic heterocycles. The van der Waals surface area contributed by atoms with Crippen molar-refractivity contribution in [2.24, 2.45) is 5.73 Å². The molecule has 0 spiro atoms. The van der Waals surface area contributed by atoms with E-state index in [9.17, 15) is 4.39 Å². The molecule has 1 heterocycles. The molecule has 2 N–H and O–H groups in total. The van der Waals surface area contributed by atoms with Gasteiger partial charge in [0.2, 0.25) is 0 Å². The van der Waals surface area contributed by atoms with Gasteiger partial charge in [-0.25, -0.2) is 4.39 Å². The summed E-state index contributed by atoms with van der Waals surface area (Å²) >= 11 is 0. The van der Waals surface area contributed by atoms with Gasteiger partial charge < -0.3 is 15.5 Å². The minimum Gasteiger partial charge on any atom is -0.371 e. The van der Waals surface area contributed by atoms with Crippen molar-refractivity contribution in [1.82, 2.24) is 0 Å². The Hall–Kier alpha value is -2.07. The average molecular weight is 285 g/mol. The summed E-state index contributed by atoms with van der Waals surface area (Å²) in [6.45, 7) is 3.53. The topological polar surface area (TPSA) is 32.5 Å². The molecule has 110 valence electrons. The summed E-state index contributed by atoms with van der Waals surface area (Å²) in [4.78, 5) is 4.38. The molecule has 0 aromatic heterocycles. The highest BCUT2D eigenvalue weighted by Gasteiger charge is 2.24. The van der Waals surface area contributed by atoms with Crippen molar-refractivity contribution in [2.45, 2.75) is 13.0 Å². The predicted molar refractivity (Wildman–Crippen MR) is 85.7 cm³/mol. The SMILES string of the molecule is C[C@@H](N)c1c(F)cccc1N1CCN(C)c2ccccc21. The summed E-state index contributed by atoms with van der Waals surface area (Å²) in [7, 11) is 2.08. The van der Waals surface area contributed by atoms with E-state index < -0.39 is 0 Å². The highest BCUT2D eigenvalue weighted by molar-refractivity contribution is 5.80. The van der Waals surface area contributed by atoms with Crippen LogP contribution in [0.4, 0.5) is 21.5 Å². The Morgan fingerprint density at radius 2 is 1.67 bits per heavy atom. The van der Waals surface area contributed by atoms with Crippen LogP contribution in [0.3, 0.4) is 0 Å². The fourth-order valence-electron chi connectivity index (χ4n) is 2.97. The van der Waals surface area contributed by atoms with E-state index in [1.165, 1.54) is 6.07 Å². The summed E-state index contributed by atoms with van der Waals surface area (Å²) < 4.78 is 14.2. The van der Waals surface area contributed by atoms with Gasteiger partial charge in [0.05, 0.1) is 11.4 Å². The lowest BCUT2D eigenvalue weighted by molar-refractivity contribution is 0.593. The fraction of sp³-hybridized carbons (Fsp3) is 0.294. The smallest absolute Gasteiger partial charge is 0.130 e. The van der Waals surface area contributed by atoms with Gasteiger partial charge in [0.25, 0.3) is 0 Å². The molecule has 1 aliphatic rings. The van der Waals surface area contributed by atoms with E-state index in [2.05, 4.69) is 29.0 Å². The Kier molecular flexibility index (Phi) is 3.55. The number of anilines is 3. The van der Waals surface area contributed by atoms with Gasteiger partial charge in [-0.15, -0.1) is 0 Å². The summed E-state index contributed by atoms with van der Waals surface area (Å²) in [5, 5.41) is 0. The minimum atomic E-state index is -0.340. The van der Waals surface area contributed by atoms with Crippen LogP contribution >= 0.6 is 0 Å². The Morgan fingerprint density at radius 1 is 1.00 bits per heavy atom. The molecule has 0 saturated carbocycles. The molecule has 4 heteroatoms. The standard InChI is InChI=1S/C17H20FN3/c1-12(19)17-13(18)6-5-9-16(17)21-11-10-20(2)14-7-3-4-8-15(14)21/h3-9,12H,10-11,19H2,1-2H3/t12-/m1/s1. The molecule has 0 saturated heterocycles. The number of benzene rings is 2. The minimum absolute atomic E-state index is 0.237. The number of hydrogen-bond donors (Lipinski definition) is 1. The van der Waals surface area contributed by atoms with Gasteiger partial charge in [0.15, 0.2) is 0 Å². The summed E-state index contributed by atoms with van der Waals surface area (Å²) in [5.74, 6) is -0.237. The van der Waals surface area contributed by atoms with Gasteiger partial charge in [0, 0.05) is 37.4 Å². The molecular formula is C17H20FN3. The first-order chi connectivity index (χ1) is 10.1. The zero-order chi connectivity index (χ0) is 15.0. The van der Waals surface area contributed by atoms with Crippen LogP contribution in [0.5, 0.6) is 0 Å². The lowest BCUT2D eigenvalue weighted by Gasteiger charge is -2.38. The summed E-state index contributed by atoms with van der Waals surface area (Å²) in [6.07, 6.45) is 0. The molecule has 0 unspecified atom stereocenters. The monoisotopic (exact) mass is 285 g/mol. The number of nitrogens with two attached hydrogens (primary N) is 1. The van der Waals surface area contributed by atoms with E-state index in [0.717, 1.165) is 30.2 Å². The van der Waals surface area contributed by atoms with Crippen molar-refractivity contribution in [3.63, 3.8) is 0 Å². The van der Waals surface area contributed by atoms with Crippen LogP contribution in [-0.2, 0) is 0 Å². The van der Waals surface area contributed by atoms with Gasteiger partial charge in [0.1, 0.15) is 5.82 Å². The fourth-order valence-corrected chi connectivity index (χ4v) is 2.97. The largest absolute Gasteiger partial charge is 0.371 e. The first kappa shape index (κ1) is 13.9. The van der Waals surface area contributed by atoms with Crippen LogP contribution in [0.1, 0.15) is 18.5 Å². The van der Waals surface area contributed by atoms with E-state index in [4.69, 9.17) is 5.73 Å². The van der Waals surface area contributed by atoms with Crippen molar-refractivity contribution in [2.75, 3.05) is 29.9 Å². The highest BCUT2D eigenvalue weighted by atomic mass is 19.1. The van der Waals surface area contributed by atoms with Crippen LogP contribution in [0.25, 0.3) is 0 Å². The molecule has 0 radical (unpaired) electrons. The second-order valence-corrected chi connectivity index (χ2v) is 5.52. The van der Waals surface area contributed by atoms with E-state index >= 15 is 0 Å². The quantitative estimate of drug-likeness (QED) is 0.917. The van der Waals surface area contributed by atoms with E-state index in [0.29, 0.717) is 5.56 Å². The molecule has 3 rings (SSSR count). The molecule has 0 fully saturated rings. The van der Waals surface area contributed by atoms with E-state index in [1.807, 2.05) is 25.1 Å². The number of hydrogen-bond acceptors (Lipinski definition) is 3.